The van der Waals surface area contributed by atoms with Gasteiger partial charge in [0.1, 0.15) is 5.75 Å². The fraction of sp³-hybridized carbons (Fsp3) is 0.429. The number of nitrogen functional groups attached to an aromatic ring is 1. The minimum atomic E-state index is 0.402. The maximum atomic E-state index is 5.72. The van der Waals surface area contributed by atoms with Crippen molar-refractivity contribution in [1.29, 1.82) is 0 Å². The average molecular weight is 293 g/mol. The summed E-state index contributed by atoms with van der Waals surface area (Å²) in [6.07, 6.45) is 0.574. The second kappa shape index (κ2) is 7.61. The van der Waals surface area contributed by atoms with E-state index in [1.807, 2.05) is 0 Å². The number of nitrogens with two attached hydrogens (primary N) is 1. The number of hydrogen-bond donors (Lipinski definition) is 1. The fourth-order valence-electron chi connectivity index (χ4n) is 1.76. The molecule has 0 saturated heterocycles. The summed E-state index contributed by atoms with van der Waals surface area (Å²) in [5, 5.41) is 3.92. The molecule has 114 valence electrons. The van der Waals surface area contributed by atoms with E-state index in [2.05, 4.69) is 10.1 Å². The summed E-state index contributed by atoms with van der Waals surface area (Å²) in [4.78, 5) is 4.33. The van der Waals surface area contributed by atoms with Gasteiger partial charge in [-0.05, 0) is 12.1 Å². The number of methoxy groups -OCH3 is 2. The number of aromatic nitrogens is 2. The van der Waals surface area contributed by atoms with Gasteiger partial charge in [-0.3, -0.25) is 0 Å². The Bertz CT molecular complexity index is 571. The lowest BCUT2D eigenvalue weighted by atomic mass is 10.2. The third-order valence-corrected chi connectivity index (χ3v) is 2.83. The Kier molecular flexibility index (Phi) is 5.53. The van der Waals surface area contributed by atoms with Crippen LogP contribution >= 0.6 is 0 Å². The SMILES string of the molecule is COCCOCCc1noc(-c2ccc(N)cc2OC)n1. The van der Waals surface area contributed by atoms with E-state index in [1.165, 1.54) is 0 Å². The molecule has 7 heteroatoms. The first-order valence-electron chi connectivity index (χ1n) is 6.57. The molecule has 0 saturated carbocycles. The zero-order valence-corrected chi connectivity index (χ0v) is 12.2. The first-order valence-corrected chi connectivity index (χ1v) is 6.57. The lowest BCUT2D eigenvalue weighted by molar-refractivity contribution is 0.0714. The molecule has 0 aliphatic carbocycles. The molecule has 0 spiro atoms. The minimum absolute atomic E-state index is 0.402. The highest BCUT2D eigenvalue weighted by atomic mass is 16.5. The van der Waals surface area contributed by atoms with Crippen molar-refractivity contribution in [2.75, 3.05) is 39.8 Å². The molecular weight excluding hydrogens is 274 g/mol. The molecule has 0 aliphatic rings. The molecule has 7 nitrogen and oxygen atoms in total. The summed E-state index contributed by atoms with van der Waals surface area (Å²) in [7, 11) is 3.20. The van der Waals surface area contributed by atoms with E-state index in [0.717, 1.165) is 0 Å². The highest BCUT2D eigenvalue weighted by Gasteiger charge is 2.13. The third kappa shape index (κ3) is 4.17. The highest BCUT2D eigenvalue weighted by Crippen LogP contribution is 2.30. The van der Waals surface area contributed by atoms with Gasteiger partial charge in [0.2, 0.25) is 0 Å². The molecule has 1 aromatic carbocycles. The van der Waals surface area contributed by atoms with Gasteiger partial charge >= 0.3 is 0 Å². The van der Waals surface area contributed by atoms with E-state index in [-0.39, 0.29) is 0 Å². The lowest BCUT2D eigenvalue weighted by Crippen LogP contribution is -2.05. The zero-order chi connectivity index (χ0) is 15.1. The summed E-state index contributed by atoms with van der Waals surface area (Å²) in [6, 6.07) is 5.27. The van der Waals surface area contributed by atoms with Crippen molar-refractivity contribution >= 4 is 5.69 Å². The van der Waals surface area contributed by atoms with E-state index < -0.39 is 0 Å². The van der Waals surface area contributed by atoms with Crippen LogP contribution in [-0.4, -0.2) is 44.2 Å². The Balaban J connectivity index is 1.99. The van der Waals surface area contributed by atoms with Crippen LogP contribution in [-0.2, 0) is 15.9 Å². The van der Waals surface area contributed by atoms with Gasteiger partial charge in [0.05, 0.1) is 32.5 Å². The van der Waals surface area contributed by atoms with Crippen LogP contribution in [0.3, 0.4) is 0 Å². The molecule has 0 fully saturated rings. The fourth-order valence-corrected chi connectivity index (χ4v) is 1.76. The monoisotopic (exact) mass is 293 g/mol. The van der Waals surface area contributed by atoms with Crippen LogP contribution in [0.1, 0.15) is 5.82 Å². The van der Waals surface area contributed by atoms with Crippen molar-refractivity contribution in [3.05, 3.63) is 24.0 Å². The number of benzene rings is 1. The Morgan fingerprint density at radius 3 is 2.81 bits per heavy atom. The Labute approximate surface area is 123 Å². The molecule has 2 rings (SSSR count). The van der Waals surface area contributed by atoms with Crippen LogP contribution in [0.5, 0.6) is 5.75 Å². The maximum absolute atomic E-state index is 5.72. The van der Waals surface area contributed by atoms with Gasteiger partial charge in [0, 0.05) is 25.3 Å². The smallest absolute Gasteiger partial charge is 0.261 e. The van der Waals surface area contributed by atoms with Crippen LogP contribution in [0.4, 0.5) is 5.69 Å². The van der Waals surface area contributed by atoms with E-state index in [1.54, 1.807) is 32.4 Å². The summed E-state index contributed by atoms with van der Waals surface area (Å²) in [5.74, 6) is 1.58. The van der Waals surface area contributed by atoms with Crippen molar-refractivity contribution < 1.29 is 18.7 Å². The zero-order valence-electron chi connectivity index (χ0n) is 12.2. The number of hydrogen-bond acceptors (Lipinski definition) is 7. The van der Waals surface area contributed by atoms with Gasteiger partial charge < -0.3 is 24.5 Å². The molecule has 21 heavy (non-hydrogen) atoms. The van der Waals surface area contributed by atoms with Crippen molar-refractivity contribution in [2.45, 2.75) is 6.42 Å². The molecule has 0 aliphatic heterocycles. The van der Waals surface area contributed by atoms with Crippen molar-refractivity contribution in [3.8, 4) is 17.2 Å². The van der Waals surface area contributed by atoms with Crippen molar-refractivity contribution in [1.82, 2.24) is 10.1 Å². The maximum Gasteiger partial charge on any atom is 0.261 e. The third-order valence-electron chi connectivity index (χ3n) is 2.83. The Morgan fingerprint density at radius 1 is 1.19 bits per heavy atom. The first kappa shape index (κ1) is 15.3. The predicted octanol–water partition coefficient (Wildman–Crippen LogP) is 1.53. The molecular formula is C14H19N3O4. The van der Waals surface area contributed by atoms with Gasteiger partial charge in [-0.1, -0.05) is 5.16 Å². The van der Waals surface area contributed by atoms with Crippen LogP contribution in [0.2, 0.25) is 0 Å². The second-order valence-electron chi connectivity index (χ2n) is 4.33. The number of nitrogens with zero attached hydrogens (tertiary/aromatic N) is 2. The number of ether oxygens (including phenoxy) is 3. The first-order chi connectivity index (χ1) is 10.2. The standard InChI is InChI=1S/C14H19N3O4/c1-18-7-8-20-6-5-13-16-14(21-17-13)11-4-3-10(15)9-12(11)19-2/h3-4,9H,5-8,15H2,1-2H3. The van der Waals surface area contributed by atoms with Crippen LogP contribution < -0.4 is 10.5 Å². The molecule has 2 aromatic rings. The molecule has 1 heterocycles. The molecule has 0 amide bonds. The van der Waals surface area contributed by atoms with Gasteiger partial charge in [0.15, 0.2) is 5.82 Å². The summed E-state index contributed by atoms with van der Waals surface area (Å²) in [6.45, 7) is 1.63. The molecule has 0 bridgehead atoms. The number of anilines is 1. The second-order valence-corrected chi connectivity index (χ2v) is 4.33. The van der Waals surface area contributed by atoms with Gasteiger partial charge in [-0.25, -0.2) is 0 Å². The normalized spacial score (nSPS) is 10.8. The summed E-state index contributed by atoms with van der Waals surface area (Å²) in [5.41, 5.74) is 7.05. The predicted molar refractivity (Wildman–Crippen MR) is 77.1 cm³/mol. The van der Waals surface area contributed by atoms with E-state index in [9.17, 15) is 0 Å². The molecule has 1 aromatic heterocycles. The van der Waals surface area contributed by atoms with Gasteiger partial charge in [-0.15, -0.1) is 0 Å². The van der Waals surface area contributed by atoms with E-state index in [0.29, 0.717) is 55.0 Å². The largest absolute Gasteiger partial charge is 0.496 e. The average Bonchev–Trinajstić information content (AvgIpc) is 2.95. The highest BCUT2D eigenvalue weighted by molar-refractivity contribution is 5.66. The van der Waals surface area contributed by atoms with E-state index >= 15 is 0 Å². The number of rotatable bonds is 8. The van der Waals surface area contributed by atoms with Gasteiger partial charge in [0.25, 0.3) is 5.89 Å². The minimum Gasteiger partial charge on any atom is -0.496 e. The topological polar surface area (TPSA) is 92.6 Å². The molecule has 0 unspecified atom stereocenters. The van der Waals surface area contributed by atoms with Crippen LogP contribution in [0.15, 0.2) is 22.7 Å². The van der Waals surface area contributed by atoms with Crippen molar-refractivity contribution in [3.63, 3.8) is 0 Å². The van der Waals surface area contributed by atoms with Crippen LogP contribution in [0, 0.1) is 0 Å². The summed E-state index contributed by atoms with van der Waals surface area (Å²) >= 11 is 0. The molecule has 0 radical (unpaired) electrons. The van der Waals surface area contributed by atoms with E-state index in [4.69, 9.17) is 24.5 Å². The Hall–Kier alpha value is -2.12. The Morgan fingerprint density at radius 2 is 2.05 bits per heavy atom. The molecule has 2 N–H and O–H groups in total. The molecule has 0 atom stereocenters. The van der Waals surface area contributed by atoms with Gasteiger partial charge in [-0.2, -0.15) is 4.98 Å². The lowest BCUT2D eigenvalue weighted by Gasteiger charge is -2.05. The van der Waals surface area contributed by atoms with Crippen molar-refractivity contribution in [2.24, 2.45) is 0 Å². The quantitative estimate of drug-likeness (QED) is 0.582. The van der Waals surface area contributed by atoms with Crippen LogP contribution in [0.25, 0.3) is 11.5 Å². The summed E-state index contributed by atoms with van der Waals surface area (Å²) < 4.78 is 20.8.